The molecule has 32 heteroatoms. The van der Waals surface area contributed by atoms with Gasteiger partial charge in [0.1, 0.15) is 26.4 Å². The Kier molecular flexibility index (Phi) is 27.3. The molecule has 10 aromatic carbocycles. The van der Waals surface area contributed by atoms with Crippen molar-refractivity contribution in [3.63, 3.8) is 0 Å². The lowest BCUT2D eigenvalue weighted by atomic mass is 9.97. The lowest BCUT2D eigenvalue weighted by molar-refractivity contribution is 0.0447. The molecule has 0 heterocycles. The molecule has 0 aliphatic rings. The summed E-state index contributed by atoms with van der Waals surface area (Å²) >= 11 is 0. The van der Waals surface area contributed by atoms with Crippen molar-refractivity contribution in [1.29, 1.82) is 0 Å². The minimum absolute atomic E-state index is 0.354. The second kappa shape index (κ2) is 36.7. The van der Waals surface area contributed by atoms with E-state index in [2.05, 4.69) is 47.4 Å². The predicted octanol–water partition coefficient (Wildman–Crippen LogP) is 17.4. The number of esters is 4. The maximum absolute atomic E-state index is 14.5. The highest BCUT2D eigenvalue weighted by molar-refractivity contribution is 6.00. The van der Waals surface area contributed by atoms with Gasteiger partial charge in [-0.05, 0) is 121 Å². The van der Waals surface area contributed by atoms with Crippen LogP contribution in [0.4, 0.5) is 111 Å². The summed E-state index contributed by atoms with van der Waals surface area (Å²) in [7, 11) is 14.2. The summed E-state index contributed by atoms with van der Waals surface area (Å²) in [4.78, 5) is 61.4. The Balaban J connectivity index is 0.000000265. The van der Waals surface area contributed by atoms with Gasteiger partial charge in [0.15, 0.2) is 93.1 Å². The molecule has 0 unspecified atom stereocenters. The molecule has 10 rings (SSSR count). The first-order chi connectivity index (χ1) is 54.8. The van der Waals surface area contributed by atoms with Crippen molar-refractivity contribution < 1.29 is 126 Å². The highest BCUT2D eigenvalue weighted by atomic mass is 19.2. The van der Waals surface area contributed by atoms with Gasteiger partial charge in [-0.1, -0.05) is 47.4 Å². The number of halogens is 20. The van der Waals surface area contributed by atoms with Gasteiger partial charge in [0.05, 0.1) is 44.5 Å². The average Bonchev–Trinajstić information content (AvgIpc) is 0.810. The molecule has 0 bridgehead atoms. The Hall–Kier alpha value is -13.9. The molecule has 10 aromatic rings. The largest absolute Gasteiger partial charge is 0.457 e. The van der Waals surface area contributed by atoms with Gasteiger partial charge in [-0.25, -0.2) is 107 Å². The van der Waals surface area contributed by atoms with E-state index >= 15 is 0 Å². The molecule has 12 nitrogen and oxygen atoms in total. The SMILES string of the molecule is CN(C)c1ccc(C#Cc2cc(C(=O)OCc3c(F)c(F)c(F)c(F)c3F)c(C#Cc3ccc(N(C)C)cc3)cc2C(=O)OCc2c(F)c(F)c(F)c(F)c2F)cc1.CN(C)c1ccc(C#Cc2cc(C(=O)OCc3c(F)c(F)c(F)c(F)c3F)c(C#Cc3ccc(N(C)C)cc3)cc2C(=O)OCc2c(F)c(F)c(F)c(F)c2F)cc1. The zero-order valence-electron chi connectivity index (χ0n) is 61.0. The molecular formula is C84H52F20N4O8. The molecule has 0 amide bonds. The second-order valence-corrected chi connectivity index (χ2v) is 25.2. The van der Waals surface area contributed by atoms with Crippen LogP contribution < -0.4 is 19.6 Å². The third-order valence-electron chi connectivity index (χ3n) is 16.7. The van der Waals surface area contributed by atoms with Gasteiger partial charge >= 0.3 is 23.9 Å². The number of benzene rings is 10. The summed E-state index contributed by atoms with van der Waals surface area (Å²) in [5.74, 6) is -30.5. The van der Waals surface area contributed by atoms with Gasteiger partial charge in [-0.3, -0.25) is 0 Å². The van der Waals surface area contributed by atoms with E-state index in [1.54, 1.807) is 173 Å². The topological polar surface area (TPSA) is 118 Å². The summed E-state index contributed by atoms with van der Waals surface area (Å²) in [6, 6.07) is 29.9. The summed E-state index contributed by atoms with van der Waals surface area (Å²) in [5.41, 5.74) is -5.08. The molecule has 0 radical (unpaired) electrons. The third-order valence-corrected chi connectivity index (χ3v) is 16.7. The zero-order valence-corrected chi connectivity index (χ0v) is 61.0. The van der Waals surface area contributed by atoms with Crippen LogP contribution in [0.1, 0.15) is 108 Å². The van der Waals surface area contributed by atoms with E-state index in [9.17, 15) is 107 Å². The molecule has 0 saturated heterocycles. The van der Waals surface area contributed by atoms with Crippen LogP contribution in [0.3, 0.4) is 0 Å². The van der Waals surface area contributed by atoms with Gasteiger partial charge in [-0.2, -0.15) is 0 Å². The average molecular weight is 1630 g/mol. The van der Waals surface area contributed by atoms with Crippen molar-refractivity contribution in [2.45, 2.75) is 26.4 Å². The van der Waals surface area contributed by atoms with Crippen molar-refractivity contribution >= 4 is 46.6 Å². The lowest BCUT2D eigenvalue weighted by Gasteiger charge is -2.13. The number of hydrogen-bond acceptors (Lipinski definition) is 12. The Bertz CT molecular complexity index is 5030. The molecule has 0 aromatic heterocycles. The standard InChI is InChI=1S/2C42H26F10N2O4/c2*1-53(2)25-13-7-21(8-14-25)5-11-23-17-28(42(56)58-20-30-33(45)37(49)40(52)38(50)34(30)46)24(12-6-22-9-15-26(16-10-22)54(3)4)18-27(23)41(55)57-19-29-31(43)35(47)39(51)36(48)32(29)44/h2*7-10,13-18H,19-20H2,1-4H3. The maximum Gasteiger partial charge on any atom is 0.339 e. The lowest BCUT2D eigenvalue weighted by Crippen LogP contribution is -2.15. The first-order valence-electron chi connectivity index (χ1n) is 33.0. The summed E-state index contributed by atoms with van der Waals surface area (Å²) in [5, 5.41) is 0. The number of carbonyl (C=O) groups excluding carboxylic acids is 4. The van der Waals surface area contributed by atoms with Crippen LogP contribution in [-0.4, -0.2) is 80.3 Å². The van der Waals surface area contributed by atoms with Crippen LogP contribution in [0.15, 0.2) is 121 Å². The van der Waals surface area contributed by atoms with Crippen LogP contribution in [0.5, 0.6) is 0 Å². The molecule has 596 valence electrons. The molecule has 116 heavy (non-hydrogen) atoms. The third kappa shape index (κ3) is 19.2. The molecule has 0 saturated carbocycles. The highest BCUT2D eigenvalue weighted by Gasteiger charge is 2.33. The summed E-state index contributed by atoms with van der Waals surface area (Å²) in [6.07, 6.45) is 0. The normalized spacial score (nSPS) is 10.6. The minimum atomic E-state index is -2.44. The van der Waals surface area contributed by atoms with Gasteiger partial charge in [-0.15, -0.1) is 0 Å². The van der Waals surface area contributed by atoms with Gasteiger partial charge in [0.25, 0.3) is 0 Å². The quantitative estimate of drug-likeness (QED) is 0.0229. The smallest absolute Gasteiger partial charge is 0.339 e. The molecule has 0 aliphatic carbocycles. The van der Waals surface area contributed by atoms with E-state index in [4.69, 9.17) is 18.9 Å². The monoisotopic (exact) mass is 1620 g/mol. The fraction of sp³-hybridized carbons (Fsp3) is 0.143. The summed E-state index contributed by atoms with van der Waals surface area (Å²) < 4.78 is 301. The number of ether oxygens (including phenoxy) is 4. The molecule has 0 spiro atoms. The fourth-order valence-corrected chi connectivity index (χ4v) is 10.2. The highest BCUT2D eigenvalue weighted by Crippen LogP contribution is 2.32. The van der Waals surface area contributed by atoms with E-state index < -0.39 is 211 Å². The van der Waals surface area contributed by atoms with E-state index in [0.717, 1.165) is 47.0 Å². The van der Waals surface area contributed by atoms with Crippen LogP contribution in [0, 0.1) is 164 Å². The van der Waals surface area contributed by atoms with E-state index in [1.807, 2.05) is 0 Å². The molecule has 0 atom stereocenters. The molecule has 0 fully saturated rings. The Morgan fingerprint density at radius 2 is 0.362 bits per heavy atom. The number of anilines is 4. The Morgan fingerprint density at radius 1 is 0.224 bits per heavy atom. The zero-order chi connectivity index (χ0) is 85.2. The van der Waals surface area contributed by atoms with E-state index in [0.29, 0.717) is 22.3 Å². The summed E-state index contributed by atoms with van der Waals surface area (Å²) in [6.45, 7) is -5.86. The van der Waals surface area contributed by atoms with Crippen molar-refractivity contribution in [2.75, 3.05) is 76.0 Å². The number of hydrogen-bond donors (Lipinski definition) is 0. The van der Waals surface area contributed by atoms with Gasteiger partial charge in [0.2, 0.25) is 23.3 Å². The van der Waals surface area contributed by atoms with Gasteiger partial charge < -0.3 is 38.5 Å². The van der Waals surface area contributed by atoms with Crippen LogP contribution in [-0.2, 0) is 45.4 Å². The van der Waals surface area contributed by atoms with E-state index in [-0.39, 0.29) is 22.3 Å². The molecule has 0 N–H and O–H groups in total. The minimum Gasteiger partial charge on any atom is -0.457 e. The Labute approximate surface area is 646 Å². The number of nitrogens with zero attached hydrogens (tertiary/aromatic N) is 4. The number of carbonyl (C=O) groups is 4. The maximum atomic E-state index is 14.5. The first kappa shape index (κ1) is 86.1. The van der Waals surface area contributed by atoms with Crippen molar-refractivity contribution in [3.8, 4) is 47.4 Å². The van der Waals surface area contributed by atoms with Crippen molar-refractivity contribution in [2.24, 2.45) is 0 Å². The number of rotatable bonds is 16. The van der Waals surface area contributed by atoms with Crippen molar-refractivity contribution in [3.05, 3.63) is 327 Å². The second-order valence-electron chi connectivity index (χ2n) is 25.2. The Morgan fingerprint density at radius 3 is 0.500 bits per heavy atom. The van der Waals surface area contributed by atoms with E-state index in [1.165, 1.54) is 0 Å². The van der Waals surface area contributed by atoms with Crippen molar-refractivity contribution in [1.82, 2.24) is 0 Å². The molecule has 0 aliphatic heterocycles. The van der Waals surface area contributed by atoms with Crippen LogP contribution in [0.2, 0.25) is 0 Å². The predicted molar refractivity (Wildman–Crippen MR) is 381 cm³/mol. The molecular weight excluding hydrogens is 1570 g/mol. The first-order valence-corrected chi connectivity index (χ1v) is 33.0. The van der Waals surface area contributed by atoms with Crippen LogP contribution >= 0.6 is 0 Å². The van der Waals surface area contributed by atoms with Gasteiger partial charge in [0, 0.05) is 124 Å². The van der Waals surface area contributed by atoms with Crippen LogP contribution in [0.25, 0.3) is 0 Å². The fourth-order valence-electron chi connectivity index (χ4n) is 10.2.